The van der Waals surface area contributed by atoms with Crippen LogP contribution in [0, 0.1) is 17.8 Å². The molecule has 0 aromatic carbocycles. The Morgan fingerprint density at radius 3 is 2.35 bits per heavy atom. The summed E-state index contributed by atoms with van der Waals surface area (Å²) in [6.07, 6.45) is 4.83. The summed E-state index contributed by atoms with van der Waals surface area (Å²) in [5.74, 6) is 2.03. The summed E-state index contributed by atoms with van der Waals surface area (Å²) < 4.78 is 11.6. The van der Waals surface area contributed by atoms with E-state index in [0.717, 1.165) is 12.5 Å². The third-order valence-corrected chi connectivity index (χ3v) is 3.06. The molecule has 102 valence electrons. The van der Waals surface area contributed by atoms with E-state index in [1.54, 1.807) is 7.11 Å². The van der Waals surface area contributed by atoms with E-state index < -0.39 is 0 Å². The van der Waals surface area contributed by atoms with Crippen LogP contribution >= 0.6 is 22.6 Å². The van der Waals surface area contributed by atoms with E-state index in [2.05, 4.69) is 56.4 Å². The Hall–Kier alpha value is 0.390. The molecular formula is C14H27IO2. The van der Waals surface area contributed by atoms with E-state index in [1.165, 1.54) is 16.4 Å². The first-order valence-corrected chi connectivity index (χ1v) is 7.44. The second-order valence-electron chi connectivity index (χ2n) is 5.19. The third kappa shape index (κ3) is 11.2. The van der Waals surface area contributed by atoms with Crippen molar-refractivity contribution < 1.29 is 9.47 Å². The highest BCUT2D eigenvalue weighted by Crippen LogP contribution is 2.22. The number of methoxy groups -OCH3 is 1. The first-order chi connectivity index (χ1) is 7.95. The molecule has 0 heterocycles. The summed E-state index contributed by atoms with van der Waals surface area (Å²) in [5.41, 5.74) is 0. The lowest BCUT2D eigenvalue weighted by atomic mass is 9.90. The first kappa shape index (κ1) is 17.4. The van der Waals surface area contributed by atoms with Crippen LogP contribution in [0.25, 0.3) is 0 Å². The Balaban J connectivity index is 3.76. The highest BCUT2D eigenvalue weighted by Gasteiger charge is 2.11. The Bertz CT molecular complexity index is 212. The molecule has 0 aliphatic rings. The van der Waals surface area contributed by atoms with E-state index in [1.807, 2.05) is 0 Å². The standard InChI is InChI=1S/C14H27IO2/c1-11(6-12(2)8-14(4)15)7-13(3)9-17-10-16-5/h8,11-13H,6-7,9-10H2,1-5H3/b14-8+/t11-,12+,13-/m0/s1. The van der Waals surface area contributed by atoms with E-state index >= 15 is 0 Å². The predicted molar refractivity (Wildman–Crippen MR) is 82.3 cm³/mol. The van der Waals surface area contributed by atoms with Gasteiger partial charge in [0.2, 0.25) is 0 Å². The van der Waals surface area contributed by atoms with Gasteiger partial charge in [-0.15, -0.1) is 0 Å². The predicted octanol–water partition coefficient (Wildman–Crippen LogP) is 4.63. The SMILES string of the molecule is COCOC[C@@H](C)C[C@@H](C)C[C@@H](C)/C=C(\C)I. The van der Waals surface area contributed by atoms with Crippen LogP contribution in [0.4, 0.5) is 0 Å². The number of hydrogen-bond acceptors (Lipinski definition) is 2. The first-order valence-electron chi connectivity index (χ1n) is 6.36. The van der Waals surface area contributed by atoms with Gasteiger partial charge < -0.3 is 9.47 Å². The fourth-order valence-corrected chi connectivity index (χ4v) is 2.89. The van der Waals surface area contributed by atoms with Crippen molar-refractivity contribution in [3.8, 4) is 0 Å². The second kappa shape index (κ2) is 10.3. The number of hydrogen-bond donors (Lipinski definition) is 0. The molecule has 0 aromatic rings. The Labute approximate surface area is 120 Å². The Morgan fingerprint density at radius 2 is 1.82 bits per heavy atom. The summed E-state index contributed by atoms with van der Waals surface area (Å²) >= 11 is 2.38. The summed E-state index contributed by atoms with van der Waals surface area (Å²) in [6.45, 7) is 10.2. The van der Waals surface area contributed by atoms with Gasteiger partial charge in [0.1, 0.15) is 6.79 Å². The Kier molecular flexibility index (Phi) is 10.6. The van der Waals surface area contributed by atoms with Crippen molar-refractivity contribution in [1.82, 2.24) is 0 Å². The quantitative estimate of drug-likeness (QED) is 0.341. The van der Waals surface area contributed by atoms with E-state index in [0.29, 0.717) is 18.6 Å². The van der Waals surface area contributed by atoms with E-state index in [9.17, 15) is 0 Å². The molecule has 0 saturated heterocycles. The maximum absolute atomic E-state index is 5.38. The van der Waals surface area contributed by atoms with Crippen LogP contribution in [0.2, 0.25) is 0 Å². The normalized spacial score (nSPS) is 17.9. The molecule has 3 heteroatoms. The molecule has 0 spiro atoms. The minimum absolute atomic E-state index is 0.409. The van der Waals surface area contributed by atoms with Gasteiger partial charge in [0, 0.05) is 7.11 Å². The van der Waals surface area contributed by atoms with Crippen molar-refractivity contribution in [2.24, 2.45) is 17.8 Å². The molecule has 0 aromatic heterocycles. The Morgan fingerprint density at radius 1 is 1.18 bits per heavy atom. The zero-order chi connectivity index (χ0) is 13.3. The molecule has 0 aliphatic carbocycles. The summed E-state index contributed by atoms with van der Waals surface area (Å²) in [4.78, 5) is 0. The summed E-state index contributed by atoms with van der Waals surface area (Å²) in [6, 6.07) is 0. The van der Waals surface area contributed by atoms with Gasteiger partial charge in [-0.2, -0.15) is 0 Å². The summed E-state index contributed by atoms with van der Waals surface area (Å²) in [7, 11) is 1.66. The topological polar surface area (TPSA) is 18.5 Å². The molecule has 3 atom stereocenters. The minimum atomic E-state index is 0.409. The largest absolute Gasteiger partial charge is 0.359 e. The average molecular weight is 354 g/mol. The molecule has 0 fully saturated rings. The van der Waals surface area contributed by atoms with Crippen molar-refractivity contribution >= 4 is 22.6 Å². The van der Waals surface area contributed by atoms with Crippen molar-refractivity contribution in [3.63, 3.8) is 0 Å². The van der Waals surface area contributed by atoms with Crippen LogP contribution in [0.5, 0.6) is 0 Å². The average Bonchev–Trinajstić information content (AvgIpc) is 2.15. The van der Waals surface area contributed by atoms with Gasteiger partial charge in [-0.3, -0.25) is 0 Å². The lowest BCUT2D eigenvalue weighted by molar-refractivity contribution is -0.0436. The van der Waals surface area contributed by atoms with Crippen LogP contribution in [-0.4, -0.2) is 20.5 Å². The molecule has 0 unspecified atom stereocenters. The molecule has 0 rings (SSSR count). The highest BCUT2D eigenvalue weighted by atomic mass is 127. The van der Waals surface area contributed by atoms with Crippen molar-refractivity contribution in [2.45, 2.75) is 40.5 Å². The molecule has 17 heavy (non-hydrogen) atoms. The van der Waals surface area contributed by atoms with Crippen LogP contribution in [0.3, 0.4) is 0 Å². The van der Waals surface area contributed by atoms with Gasteiger partial charge in [0.25, 0.3) is 0 Å². The maximum atomic E-state index is 5.38. The van der Waals surface area contributed by atoms with Crippen molar-refractivity contribution in [1.29, 1.82) is 0 Å². The van der Waals surface area contributed by atoms with Crippen LogP contribution in [0.1, 0.15) is 40.5 Å². The second-order valence-corrected chi connectivity index (χ2v) is 6.89. The zero-order valence-electron chi connectivity index (χ0n) is 11.8. The van der Waals surface area contributed by atoms with Crippen LogP contribution in [0.15, 0.2) is 9.66 Å². The third-order valence-electron chi connectivity index (χ3n) is 2.70. The lowest BCUT2D eigenvalue weighted by Gasteiger charge is -2.19. The number of ether oxygens (including phenoxy) is 2. The fraction of sp³-hybridized carbons (Fsp3) is 0.857. The van der Waals surface area contributed by atoms with Crippen LogP contribution < -0.4 is 0 Å². The number of allylic oxidation sites excluding steroid dienone is 2. The molecule has 0 radical (unpaired) electrons. The van der Waals surface area contributed by atoms with Gasteiger partial charge in [-0.05, 0) is 63.7 Å². The molecule has 0 amide bonds. The summed E-state index contributed by atoms with van der Waals surface area (Å²) in [5, 5.41) is 0. The van der Waals surface area contributed by atoms with Gasteiger partial charge in [0.15, 0.2) is 0 Å². The molecule has 2 nitrogen and oxygen atoms in total. The van der Waals surface area contributed by atoms with Gasteiger partial charge >= 0.3 is 0 Å². The van der Waals surface area contributed by atoms with Gasteiger partial charge in [-0.25, -0.2) is 0 Å². The lowest BCUT2D eigenvalue weighted by Crippen LogP contribution is -2.12. The zero-order valence-corrected chi connectivity index (χ0v) is 14.0. The molecular weight excluding hydrogens is 327 g/mol. The van der Waals surface area contributed by atoms with Crippen LogP contribution in [-0.2, 0) is 9.47 Å². The molecule has 0 saturated carbocycles. The van der Waals surface area contributed by atoms with E-state index in [4.69, 9.17) is 9.47 Å². The molecule has 0 N–H and O–H groups in total. The van der Waals surface area contributed by atoms with Crippen molar-refractivity contribution in [3.05, 3.63) is 9.66 Å². The monoisotopic (exact) mass is 354 g/mol. The molecule has 0 aliphatic heterocycles. The number of rotatable bonds is 9. The van der Waals surface area contributed by atoms with Gasteiger partial charge in [0.05, 0.1) is 6.61 Å². The van der Waals surface area contributed by atoms with Crippen molar-refractivity contribution in [2.75, 3.05) is 20.5 Å². The molecule has 0 bridgehead atoms. The fourth-order valence-electron chi connectivity index (χ4n) is 2.28. The maximum Gasteiger partial charge on any atom is 0.146 e. The van der Waals surface area contributed by atoms with Gasteiger partial charge in [-0.1, -0.05) is 26.8 Å². The van der Waals surface area contributed by atoms with E-state index in [-0.39, 0.29) is 0 Å². The minimum Gasteiger partial charge on any atom is -0.359 e. The number of halogens is 1. The highest BCUT2D eigenvalue weighted by molar-refractivity contribution is 14.1. The smallest absolute Gasteiger partial charge is 0.146 e.